The smallest absolute Gasteiger partial charge is 0.127 e. The fourth-order valence-corrected chi connectivity index (χ4v) is 6.22. The van der Waals surface area contributed by atoms with Crippen molar-refractivity contribution in [1.29, 1.82) is 0 Å². The summed E-state index contributed by atoms with van der Waals surface area (Å²) in [5.41, 5.74) is 4.97. The zero-order valence-electron chi connectivity index (χ0n) is 23.9. The van der Waals surface area contributed by atoms with Gasteiger partial charge in [-0.05, 0) is 112 Å². The van der Waals surface area contributed by atoms with Crippen LogP contribution in [0.4, 0.5) is 0 Å². The zero-order chi connectivity index (χ0) is 25.2. The van der Waals surface area contributed by atoms with Crippen molar-refractivity contribution in [3.8, 4) is 11.5 Å². The van der Waals surface area contributed by atoms with E-state index in [9.17, 15) is 5.11 Å². The van der Waals surface area contributed by atoms with Crippen LogP contribution in [0.3, 0.4) is 0 Å². The molecular weight excluding hydrogens is 404 g/mol. The van der Waals surface area contributed by atoms with Gasteiger partial charge in [-0.15, -0.1) is 0 Å². The molecule has 1 aromatic rings. The van der Waals surface area contributed by atoms with Crippen molar-refractivity contribution < 1.29 is 9.84 Å². The Morgan fingerprint density at radius 1 is 0.970 bits per heavy atom. The summed E-state index contributed by atoms with van der Waals surface area (Å²) >= 11 is 0. The molecule has 0 amide bonds. The van der Waals surface area contributed by atoms with Crippen LogP contribution in [0, 0.1) is 43.4 Å². The molecule has 1 aliphatic heterocycles. The Kier molecular flexibility index (Phi) is 9.02. The van der Waals surface area contributed by atoms with Gasteiger partial charge < -0.3 is 9.84 Å². The van der Waals surface area contributed by atoms with Gasteiger partial charge in [0.25, 0.3) is 0 Å². The molecule has 2 rings (SSSR count). The second-order valence-electron chi connectivity index (χ2n) is 13.4. The van der Waals surface area contributed by atoms with Gasteiger partial charge in [0.1, 0.15) is 17.1 Å². The molecule has 0 bridgehead atoms. The molecule has 2 nitrogen and oxygen atoms in total. The van der Waals surface area contributed by atoms with Crippen LogP contribution in [0.25, 0.3) is 0 Å². The maximum Gasteiger partial charge on any atom is 0.127 e. The van der Waals surface area contributed by atoms with Crippen molar-refractivity contribution in [2.75, 3.05) is 0 Å². The summed E-state index contributed by atoms with van der Waals surface area (Å²) in [6.45, 7) is 25.4. The van der Waals surface area contributed by atoms with Crippen molar-refractivity contribution >= 4 is 0 Å². The van der Waals surface area contributed by atoms with Gasteiger partial charge in [-0.2, -0.15) is 0 Å². The average Bonchev–Trinajstić information content (AvgIpc) is 2.73. The summed E-state index contributed by atoms with van der Waals surface area (Å²) in [4.78, 5) is 0. The predicted octanol–water partition coefficient (Wildman–Crippen LogP) is 9.48. The first-order valence-electron chi connectivity index (χ1n) is 13.6. The molecule has 0 aliphatic carbocycles. The van der Waals surface area contributed by atoms with E-state index in [4.69, 9.17) is 4.74 Å². The Hall–Kier alpha value is -1.18. The number of hydrogen-bond acceptors (Lipinski definition) is 2. The van der Waals surface area contributed by atoms with E-state index in [1.54, 1.807) is 0 Å². The summed E-state index contributed by atoms with van der Waals surface area (Å²) in [5, 5.41) is 10.5. The highest BCUT2D eigenvalue weighted by molar-refractivity contribution is 5.58. The number of benzene rings is 1. The van der Waals surface area contributed by atoms with Crippen LogP contribution in [-0.4, -0.2) is 10.7 Å². The molecule has 0 fully saturated rings. The summed E-state index contributed by atoms with van der Waals surface area (Å²) in [5.74, 6) is 3.02. The maximum atomic E-state index is 10.5. The summed E-state index contributed by atoms with van der Waals surface area (Å²) in [6, 6.07) is 0. The third-order valence-corrected chi connectivity index (χ3v) is 8.82. The summed E-state index contributed by atoms with van der Waals surface area (Å²) in [7, 11) is 0. The van der Waals surface area contributed by atoms with Crippen LogP contribution in [-0.2, 0) is 6.42 Å². The summed E-state index contributed by atoms with van der Waals surface area (Å²) in [6.07, 6.45) is 10.9. The molecule has 0 spiro atoms. The molecule has 1 unspecified atom stereocenters. The van der Waals surface area contributed by atoms with Crippen LogP contribution >= 0.6 is 0 Å². The molecule has 0 radical (unpaired) electrons. The largest absolute Gasteiger partial charge is 0.507 e. The third kappa shape index (κ3) is 7.15. The second kappa shape index (κ2) is 10.6. The summed E-state index contributed by atoms with van der Waals surface area (Å²) < 4.78 is 6.70. The zero-order valence-corrected chi connectivity index (χ0v) is 23.9. The van der Waals surface area contributed by atoms with Gasteiger partial charge in [-0.1, -0.05) is 61.3 Å². The first kappa shape index (κ1) is 28.1. The van der Waals surface area contributed by atoms with Gasteiger partial charge in [0, 0.05) is 5.56 Å². The molecule has 2 heteroatoms. The van der Waals surface area contributed by atoms with E-state index in [-0.39, 0.29) is 5.60 Å². The minimum absolute atomic E-state index is 0.119. The number of ether oxygens (including phenoxy) is 1. The third-order valence-electron chi connectivity index (χ3n) is 8.82. The van der Waals surface area contributed by atoms with E-state index in [1.165, 1.54) is 44.1 Å². The van der Waals surface area contributed by atoms with E-state index in [2.05, 4.69) is 62.3 Å². The molecule has 1 aromatic carbocycles. The Bertz CT molecular complexity index is 806. The lowest BCUT2D eigenvalue weighted by Gasteiger charge is -2.40. The van der Waals surface area contributed by atoms with Crippen LogP contribution in [0.5, 0.6) is 11.5 Å². The molecule has 0 saturated heterocycles. The molecule has 3 atom stereocenters. The number of hydrogen-bond donors (Lipinski definition) is 1. The van der Waals surface area contributed by atoms with Crippen LogP contribution in [0.15, 0.2) is 0 Å². The van der Waals surface area contributed by atoms with Gasteiger partial charge >= 0.3 is 0 Å². The molecule has 0 saturated carbocycles. The number of aromatic hydroxyl groups is 1. The van der Waals surface area contributed by atoms with Crippen LogP contribution in [0.1, 0.15) is 129 Å². The minimum atomic E-state index is -0.119. The van der Waals surface area contributed by atoms with E-state index in [0.29, 0.717) is 16.6 Å². The standard InChI is InChI=1S/C31H54O2/c1-12-30(10,19-21(2)3)15-13-22(4)20-29(8,9)17-18-31(11)16-14-26-25(7)27(32)23(5)24(6)28(26)33-31/h21-22,32H,12-20H2,1-11H3/t22-,30?,31+/m1/s1. The van der Waals surface area contributed by atoms with Crippen molar-refractivity contribution in [2.45, 2.75) is 140 Å². The van der Waals surface area contributed by atoms with Gasteiger partial charge in [0.2, 0.25) is 0 Å². The van der Waals surface area contributed by atoms with E-state index in [0.717, 1.165) is 53.5 Å². The van der Waals surface area contributed by atoms with Gasteiger partial charge in [0.15, 0.2) is 0 Å². The minimum Gasteiger partial charge on any atom is -0.507 e. The lowest BCUT2D eigenvalue weighted by Crippen LogP contribution is -2.38. The molecule has 1 aliphatic rings. The molecule has 33 heavy (non-hydrogen) atoms. The van der Waals surface area contributed by atoms with Crippen LogP contribution < -0.4 is 4.74 Å². The molecule has 1 heterocycles. The molecular formula is C31H54O2. The average molecular weight is 459 g/mol. The Balaban J connectivity index is 1.97. The SMILES string of the molecule is CCC(C)(CC[C@@H](C)CC(C)(C)CC[C@]1(C)CCc2c(C)c(O)c(C)c(C)c2O1)CC(C)C. The van der Waals surface area contributed by atoms with Gasteiger partial charge in [-0.3, -0.25) is 0 Å². The number of phenols is 1. The van der Waals surface area contributed by atoms with Crippen molar-refractivity contribution in [3.05, 3.63) is 22.3 Å². The monoisotopic (exact) mass is 458 g/mol. The highest BCUT2D eigenvalue weighted by Gasteiger charge is 2.36. The second-order valence-corrected chi connectivity index (χ2v) is 13.4. The normalized spacial score (nSPS) is 21.5. The Labute approximate surface area is 205 Å². The topological polar surface area (TPSA) is 29.5 Å². The van der Waals surface area contributed by atoms with Crippen molar-refractivity contribution in [1.82, 2.24) is 0 Å². The quantitative estimate of drug-likeness (QED) is 0.358. The van der Waals surface area contributed by atoms with Gasteiger partial charge in [-0.25, -0.2) is 0 Å². The van der Waals surface area contributed by atoms with E-state index in [1.807, 2.05) is 13.8 Å². The van der Waals surface area contributed by atoms with Crippen molar-refractivity contribution in [3.63, 3.8) is 0 Å². The molecule has 0 aromatic heterocycles. The highest BCUT2D eigenvalue weighted by Crippen LogP contribution is 2.46. The lowest BCUT2D eigenvalue weighted by molar-refractivity contribution is 0.0390. The first-order chi connectivity index (χ1) is 15.1. The first-order valence-corrected chi connectivity index (χ1v) is 13.6. The number of phenolic OH excluding ortho intramolecular Hbond substituents is 1. The molecule has 190 valence electrons. The van der Waals surface area contributed by atoms with E-state index >= 15 is 0 Å². The van der Waals surface area contributed by atoms with Gasteiger partial charge in [0.05, 0.1) is 0 Å². The maximum absolute atomic E-state index is 10.5. The Morgan fingerprint density at radius 2 is 1.61 bits per heavy atom. The predicted molar refractivity (Wildman–Crippen MR) is 144 cm³/mol. The number of rotatable bonds is 11. The van der Waals surface area contributed by atoms with Crippen molar-refractivity contribution in [2.24, 2.45) is 22.7 Å². The van der Waals surface area contributed by atoms with Crippen LogP contribution in [0.2, 0.25) is 0 Å². The fourth-order valence-electron chi connectivity index (χ4n) is 6.22. The number of fused-ring (bicyclic) bond motifs is 1. The fraction of sp³-hybridized carbons (Fsp3) is 0.806. The van der Waals surface area contributed by atoms with E-state index < -0.39 is 0 Å². The Morgan fingerprint density at radius 3 is 2.18 bits per heavy atom. The molecule has 1 N–H and O–H groups in total. The highest BCUT2D eigenvalue weighted by atomic mass is 16.5. The lowest BCUT2D eigenvalue weighted by atomic mass is 9.72.